The Kier molecular flexibility index (Phi) is 2.77. The van der Waals surface area contributed by atoms with Gasteiger partial charge < -0.3 is 15.2 Å². The molecule has 1 saturated heterocycles. The van der Waals surface area contributed by atoms with Crippen LogP contribution >= 0.6 is 0 Å². The number of nitrogens with zero attached hydrogens (tertiary/aromatic N) is 2. The Morgan fingerprint density at radius 3 is 3.00 bits per heavy atom. The van der Waals surface area contributed by atoms with Crippen LogP contribution in [0.4, 0.5) is 0 Å². The lowest BCUT2D eigenvalue weighted by Crippen LogP contribution is -2.46. The molecule has 0 radical (unpaired) electrons. The number of hydrogen-bond acceptors (Lipinski definition) is 2. The number of likely N-dealkylation sites (tertiary alicyclic amines) is 1. The highest BCUT2D eigenvalue weighted by Gasteiger charge is 2.23. The summed E-state index contributed by atoms with van der Waals surface area (Å²) in [7, 11) is 1.89. The number of nitrogens with two attached hydrogens (primary N) is 1. The van der Waals surface area contributed by atoms with E-state index in [1.54, 1.807) is 0 Å². The second kappa shape index (κ2) is 4.06. The molecule has 0 saturated carbocycles. The Bertz CT molecular complexity index is 358. The molecule has 1 aliphatic rings. The Labute approximate surface area is 89.7 Å². The normalized spacial score (nSPS) is 21.7. The van der Waals surface area contributed by atoms with Crippen LogP contribution in [-0.4, -0.2) is 34.5 Å². The number of carbonyl (C=O) groups is 1. The molecule has 82 valence electrons. The van der Waals surface area contributed by atoms with Gasteiger partial charge in [-0.3, -0.25) is 4.79 Å². The molecular weight excluding hydrogens is 190 g/mol. The van der Waals surface area contributed by atoms with E-state index in [1.165, 1.54) is 0 Å². The van der Waals surface area contributed by atoms with Crippen LogP contribution < -0.4 is 5.73 Å². The molecule has 2 N–H and O–H groups in total. The summed E-state index contributed by atoms with van der Waals surface area (Å²) in [6, 6.07) is 3.88. The van der Waals surface area contributed by atoms with Crippen molar-refractivity contribution in [3.8, 4) is 0 Å². The van der Waals surface area contributed by atoms with Gasteiger partial charge in [-0.15, -0.1) is 0 Å². The molecule has 1 atom stereocenters. The van der Waals surface area contributed by atoms with Crippen LogP contribution in [0, 0.1) is 0 Å². The molecule has 15 heavy (non-hydrogen) atoms. The van der Waals surface area contributed by atoms with E-state index in [4.69, 9.17) is 5.73 Å². The Balaban J connectivity index is 2.11. The largest absolute Gasteiger partial charge is 0.347 e. The lowest BCUT2D eigenvalue weighted by molar-refractivity contribution is 0.0699. The number of aryl methyl sites for hydroxylation is 1. The third kappa shape index (κ3) is 2.04. The van der Waals surface area contributed by atoms with Crippen molar-refractivity contribution < 1.29 is 4.79 Å². The number of rotatable bonds is 1. The van der Waals surface area contributed by atoms with Crippen LogP contribution in [0.1, 0.15) is 23.3 Å². The van der Waals surface area contributed by atoms with Gasteiger partial charge in [-0.1, -0.05) is 0 Å². The van der Waals surface area contributed by atoms with Crippen molar-refractivity contribution in [1.82, 2.24) is 9.47 Å². The number of hydrogen-bond donors (Lipinski definition) is 1. The molecule has 0 aromatic carbocycles. The number of aromatic nitrogens is 1. The molecule has 2 heterocycles. The molecule has 1 fully saturated rings. The molecule has 0 aliphatic carbocycles. The van der Waals surface area contributed by atoms with Gasteiger partial charge in [0.15, 0.2) is 0 Å². The summed E-state index contributed by atoms with van der Waals surface area (Å²) in [6.45, 7) is 1.52. The molecule has 1 amide bonds. The summed E-state index contributed by atoms with van der Waals surface area (Å²) >= 11 is 0. The first-order valence-corrected chi connectivity index (χ1v) is 5.34. The van der Waals surface area contributed by atoms with E-state index in [9.17, 15) is 4.79 Å². The van der Waals surface area contributed by atoms with Crippen LogP contribution in [0.25, 0.3) is 0 Å². The monoisotopic (exact) mass is 207 g/mol. The summed E-state index contributed by atoms with van der Waals surface area (Å²) in [6.07, 6.45) is 3.92. The maximum atomic E-state index is 12.1. The first-order valence-electron chi connectivity index (χ1n) is 5.34. The van der Waals surface area contributed by atoms with Crippen LogP contribution in [-0.2, 0) is 7.05 Å². The number of piperidine rings is 1. The van der Waals surface area contributed by atoms with Crippen molar-refractivity contribution in [3.63, 3.8) is 0 Å². The molecule has 4 nitrogen and oxygen atoms in total. The number of amides is 1. The van der Waals surface area contributed by atoms with Gasteiger partial charge in [0.2, 0.25) is 0 Å². The van der Waals surface area contributed by atoms with Crippen LogP contribution in [0.15, 0.2) is 18.3 Å². The molecule has 4 heteroatoms. The van der Waals surface area contributed by atoms with Crippen molar-refractivity contribution in [3.05, 3.63) is 24.0 Å². The van der Waals surface area contributed by atoms with Crippen molar-refractivity contribution in [2.24, 2.45) is 12.8 Å². The highest BCUT2D eigenvalue weighted by Crippen LogP contribution is 2.12. The van der Waals surface area contributed by atoms with Gasteiger partial charge in [-0.2, -0.15) is 0 Å². The van der Waals surface area contributed by atoms with Gasteiger partial charge in [-0.25, -0.2) is 0 Å². The van der Waals surface area contributed by atoms with E-state index >= 15 is 0 Å². The third-order valence-electron chi connectivity index (χ3n) is 2.91. The zero-order valence-corrected chi connectivity index (χ0v) is 9.02. The van der Waals surface area contributed by atoms with Crippen molar-refractivity contribution in [2.75, 3.05) is 13.1 Å². The maximum absolute atomic E-state index is 12.1. The van der Waals surface area contributed by atoms with E-state index < -0.39 is 0 Å². The fourth-order valence-corrected chi connectivity index (χ4v) is 2.04. The second-order valence-electron chi connectivity index (χ2n) is 4.16. The quantitative estimate of drug-likeness (QED) is 0.732. The highest BCUT2D eigenvalue weighted by molar-refractivity contribution is 5.92. The molecule has 0 bridgehead atoms. The fourth-order valence-electron chi connectivity index (χ4n) is 2.04. The van der Waals surface area contributed by atoms with Gasteiger partial charge in [0.25, 0.3) is 5.91 Å². The molecule has 1 aliphatic heterocycles. The predicted molar refractivity (Wildman–Crippen MR) is 58.5 cm³/mol. The lowest BCUT2D eigenvalue weighted by Gasteiger charge is -2.30. The molecular formula is C11H17N3O. The van der Waals surface area contributed by atoms with E-state index in [0.29, 0.717) is 6.54 Å². The minimum atomic E-state index is 0.0950. The minimum Gasteiger partial charge on any atom is -0.347 e. The standard InChI is InChI=1S/C11H17N3O/c1-13-6-3-5-10(13)11(15)14-7-2-4-9(12)8-14/h3,5-6,9H,2,4,7-8,12H2,1H3/t9-/m1/s1. The summed E-state index contributed by atoms with van der Waals surface area (Å²) in [5.41, 5.74) is 6.59. The summed E-state index contributed by atoms with van der Waals surface area (Å²) in [5.74, 6) is 0.0950. The third-order valence-corrected chi connectivity index (χ3v) is 2.91. The Morgan fingerprint density at radius 1 is 1.60 bits per heavy atom. The highest BCUT2D eigenvalue weighted by atomic mass is 16.2. The van der Waals surface area contributed by atoms with E-state index in [-0.39, 0.29) is 11.9 Å². The van der Waals surface area contributed by atoms with Crippen molar-refractivity contribution in [1.29, 1.82) is 0 Å². The van der Waals surface area contributed by atoms with E-state index in [1.807, 2.05) is 34.8 Å². The van der Waals surface area contributed by atoms with Gasteiger partial charge in [0.05, 0.1) is 0 Å². The van der Waals surface area contributed by atoms with Gasteiger partial charge >= 0.3 is 0 Å². The predicted octanol–water partition coefficient (Wildman–Crippen LogP) is 0.588. The molecule has 1 aromatic rings. The van der Waals surface area contributed by atoms with Crippen LogP contribution in [0.3, 0.4) is 0 Å². The minimum absolute atomic E-state index is 0.0950. The second-order valence-corrected chi connectivity index (χ2v) is 4.16. The number of carbonyl (C=O) groups excluding carboxylic acids is 1. The maximum Gasteiger partial charge on any atom is 0.270 e. The first kappa shape index (κ1) is 10.2. The molecule has 2 rings (SSSR count). The molecule has 1 aromatic heterocycles. The SMILES string of the molecule is Cn1cccc1C(=O)N1CCC[C@@H](N)C1. The Hall–Kier alpha value is -1.29. The topological polar surface area (TPSA) is 51.3 Å². The van der Waals surface area contributed by atoms with Gasteiger partial charge in [-0.05, 0) is 25.0 Å². The summed E-state index contributed by atoms with van der Waals surface area (Å²) < 4.78 is 1.85. The Morgan fingerprint density at radius 2 is 2.40 bits per heavy atom. The lowest BCUT2D eigenvalue weighted by atomic mass is 10.1. The van der Waals surface area contributed by atoms with Crippen molar-refractivity contribution >= 4 is 5.91 Å². The van der Waals surface area contributed by atoms with Gasteiger partial charge in [0, 0.05) is 32.4 Å². The summed E-state index contributed by atoms with van der Waals surface area (Å²) in [5, 5.41) is 0. The molecule has 0 unspecified atom stereocenters. The van der Waals surface area contributed by atoms with Crippen LogP contribution in [0.5, 0.6) is 0 Å². The van der Waals surface area contributed by atoms with E-state index in [2.05, 4.69) is 0 Å². The molecule has 0 spiro atoms. The average Bonchev–Trinajstić information content (AvgIpc) is 2.63. The van der Waals surface area contributed by atoms with Crippen LogP contribution in [0.2, 0.25) is 0 Å². The summed E-state index contributed by atoms with van der Waals surface area (Å²) in [4.78, 5) is 13.9. The smallest absolute Gasteiger partial charge is 0.270 e. The zero-order valence-electron chi connectivity index (χ0n) is 9.02. The van der Waals surface area contributed by atoms with Crippen molar-refractivity contribution in [2.45, 2.75) is 18.9 Å². The fraction of sp³-hybridized carbons (Fsp3) is 0.545. The first-order chi connectivity index (χ1) is 7.18. The van der Waals surface area contributed by atoms with Gasteiger partial charge in [0.1, 0.15) is 5.69 Å². The average molecular weight is 207 g/mol. The van der Waals surface area contributed by atoms with E-state index in [0.717, 1.165) is 25.1 Å². The zero-order chi connectivity index (χ0) is 10.8.